The van der Waals surface area contributed by atoms with Gasteiger partial charge in [0.05, 0.1) is 11.4 Å². The Hall–Kier alpha value is -2.45. The number of nitrogens with two attached hydrogens (primary N) is 1. The number of halogens is 1. The van der Waals surface area contributed by atoms with E-state index >= 15 is 0 Å². The Labute approximate surface area is 153 Å². The number of nitrogens with one attached hydrogen (secondary N) is 2. The van der Waals surface area contributed by atoms with Crippen LogP contribution in [-0.4, -0.2) is 27.5 Å². The Bertz CT molecular complexity index is 869. The van der Waals surface area contributed by atoms with Crippen LogP contribution in [0.1, 0.15) is 18.1 Å². The zero-order chi connectivity index (χ0) is 19.0. The summed E-state index contributed by atoms with van der Waals surface area (Å²) in [5.74, 6) is 0.348. The van der Waals surface area contributed by atoms with Gasteiger partial charge in [0.1, 0.15) is 5.82 Å². The number of hydrogen-bond acceptors (Lipinski definition) is 3. The lowest BCUT2D eigenvalue weighted by Crippen LogP contribution is -2.38. The van der Waals surface area contributed by atoms with E-state index in [4.69, 9.17) is 5.14 Å². The fourth-order valence-electron chi connectivity index (χ4n) is 2.35. The Balaban J connectivity index is 1.99. The number of aliphatic imine (C=N–C) groups is 1. The summed E-state index contributed by atoms with van der Waals surface area (Å²) in [6, 6.07) is 13.0. The van der Waals surface area contributed by atoms with Crippen LogP contribution in [0, 0.1) is 5.82 Å². The van der Waals surface area contributed by atoms with Crippen LogP contribution in [0.2, 0.25) is 0 Å². The van der Waals surface area contributed by atoms with Crippen LogP contribution in [0.15, 0.2) is 58.4 Å². The molecule has 0 fully saturated rings. The molecule has 0 spiro atoms. The van der Waals surface area contributed by atoms with Gasteiger partial charge in [-0.1, -0.05) is 30.3 Å². The second kappa shape index (κ2) is 9.30. The van der Waals surface area contributed by atoms with Crippen molar-refractivity contribution in [2.75, 3.05) is 13.1 Å². The molecular formula is C18H23FN4O2S. The van der Waals surface area contributed by atoms with Crippen molar-refractivity contribution in [1.82, 2.24) is 10.6 Å². The quantitative estimate of drug-likeness (QED) is 0.505. The van der Waals surface area contributed by atoms with Gasteiger partial charge < -0.3 is 10.6 Å². The third-order valence-corrected chi connectivity index (χ3v) is 4.55. The van der Waals surface area contributed by atoms with Gasteiger partial charge in [0.15, 0.2) is 5.96 Å². The van der Waals surface area contributed by atoms with Gasteiger partial charge in [0.2, 0.25) is 10.0 Å². The van der Waals surface area contributed by atoms with Crippen molar-refractivity contribution < 1.29 is 12.8 Å². The molecule has 0 aromatic heterocycles. The molecule has 2 aromatic rings. The summed E-state index contributed by atoms with van der Waals surface area (Å²) < 4.78 is 36.5. The standard InChI is InChI=1S/C18H23FN4O2S/c1-2-21-18(22-11-10-15-7-3-4-9-17(15)19)23-13-14-6-5-8-16(12-14)26(20,24)25/h3-9,12H,2,10-11,13H2,1H3,(H2,20,24,25)(H2,21,22,23). The van der Waals surface area contributed by atoms with E-state index in [1.54, 1.807) is 30.3 Å². The topological polar surface area (TPSA) is 96.6 Å². The molecule has 0 atom stereocenters. The molecule has 0 aliphatic carbocycles. The van der Waals surface area contributed by atoms with Gasteiger partial charge in [-0.25, -0.2) is 22.9 Å². The SMILES string of the molecule is CCNC(=NCc1cccc(S(N)(=O)=O)c1)NCCc1ccccc1F. The maximum Gasteiger partial charge on any atom is 0.238 e. The summed E-state index contributed by atoms with van der Waals surface area (Å²) in [7, 11) is -3.74. The molecule has 0 radical (unpaired) electrons. The van der Waals surface area contributed by atoms with Gasteiger partial charge in [-0.2, -0.15) is 0 Å². The van der Waals surface area contributed by atoms with Crippen molar-refractivity contribution in [3.8, 4) is 0 Å². The van der Waals surface area contributed by atoms with Gasteiger partial charge >= 0.3 is 0 Å². The molecule has 4 N–H and O–H groups in total. The third kappa shape index (κ3) is 6.12. The zero-order valence-electron chi connectivity index (χ0n) is 14.6. The first-order valence-electron chi connectivity index (χ1n) is 8.27. The molecular weight excluding hydrogens is 355 g/mol. The van der Waals surface area contributed by atoms with Crippen molar-refractivity contribution in [1.29, 1.82) is 0 Å². The van der Waals surface area contributed by atoms with Gasteiger partial charge in [0, 0.05) is 13.1 Å². The van der Waals surface area contributed by atoms with E-state index in [-0.39, 0.29) is 10.7 Å². The van der Waals surface area contributed by atoms with E-state index in [1.165, 1.54) is 18.2 Å². The lowest BCUT2D eigenvalue weighted by atomic mass is 10.1. The molecule has 6 nitrogen and oxygen atoms in total. The molecule has 26 heavy (non-hydrogen) atoms. The minimum Gasteiger partial charge on any atom is -0.357 e. The number of hydrogen-bond donors (Lipinski definition) is 3. The first kappa shape index (κ1) is 19.9. The summed E-state index contributed by atoms with van der Waals surface area (Å²) in [5.41, 5.74) is 1.36. The molecule has 0 unspecified atom stereocenters. The highest BCUT2D eigenvalue weighted by Gasteiger charge is 2.08. The van der Waals surface area contributed by atoms with E-state index in [2.05, 4.69) is 15.6 Å². The number of nitrogens with zero attached hydrogens (tertiary/aromatic N) is 1. The highest BCUT2D eigenvalue weighted by Crippen LogP contribution is 2.10. The maximum absolute atomic E-state index is 13.6. The number of primary sulfonamides is 1. The van der Waals surface area contributed by atoms with Crippen molar-refractivity contribution in [2.24, 2.45) is 10.1 Å². The van der Waals surface area contributed by atoms with E-state index in [1.807, 2.05) is 6.92 Å². The van der Waals surface area contributed by atoms with Crippen molar-refractivity contribution in [2.45, 2.75) is 24.8 Å². The van der Waals surface area contributed by atoms with Crippen molar-refractivity contribution in [3.63, 3.8) is 0 Å². The molecule has 0 saturated heterocycles. The van der Waals surface area contributed by atoms with Crippen LogP contribution in [0.3, 0.4) is 0 Å². The van der Waals surface area contributed by atoms with Gasteiger partial charge in [-0.15, -0.1) is 0 Å². The molecule has 0 amide bonds. The lowest BCUT2D eigenvalue weighted by molar-refractivity contribution is 0.597. The van der Waals surface area contributed by atoms with Crippen LogP contribution >= 0.6 is 0 Å². The molecule has 2 rings (SSSR count). The largest absolute Gasteiger partial charge is 0.357 e. The Morgan fingerprint density at radius 3 is 2.62 bits per heavy atom. The molecule has 0 heterocycles. The lowest BCUT2D eigenvalue weighted by Gasteiger charge is -2.12. The first-order chi connectivity index (χ1) is 12.4. The summed E-state index contributed by atoms with van der Waals surface area (Å²) in [5, 5.41) is 11.4. The molecule has 0 saturated carbocycles. The fraction of sp³-hybridized carbons (Fsp3) is 0.278. The monoisotopic (exact) mass is 378 g/mol. The molecule has 2 aromatic carbocycles. The highest BCUT2D eigenvalue weighted by atomic mass is 32.2. The zero-order valence-corrected chi connectivity index (χ0v) is 15.4. The van der Waals surface area contributed by atoms with Crippen molar-refractivity contribution in [3.05, 3.63) is 65.5 Å². The Kier molecular flexibility index (Phi) is 7.11. The van der Waals surface area contributed by atoms with Crippen LogP contribution in [0.5, 0.6) is 0 Å². The van der Waals surface area contributed by atoms with E-state index in [9.17, 15) is 12.8 Å². The van der Waals surface area contributed by atoms with Crippen LogP contribution in [-0.2, 0) is 23.0 Å². The third-order valence-electron chi connectivity index (χ3n) is 3.64. The number of benzene rings is 2. The predicted molar refractivity (Wildman–Crippen MR) is 101 cm³/mol. The smallest absolute Gasteiger partial charge is 0.238 e. The van der Waals surface area contributed by atoms with Gasteiger partial charge in [-0.3, -0.25) is 0 Å². The average Bonchev–Trinajstić information content (AvgIpc) is 2.61. The predicted octanol–water partition coefficient (Wildman–Crippen LogP) is 1.77. The number of guanidine groups is 1. The van der Waals surface area contributed by atoms with Crippen molar-refractivity contribution >= 4 is 16.0 Å². The average molecular weight is 378 g/mol. The van der Waals surface area contributed by atoms with E-state index in [0.717, 1.165) is 5.56 Å². The summed E-state index contributed by atoms with van der Waals surface area (Å²) in [6.07, 6.45) is 0.526. The minimum absolute atomic E-state index is 0.0581. The molecule has 0 bridgehead atoms. The highest BCUT2D eigenvalue weighted by molar-refractivity contribution is 7.89. The molecule has 0 aliphatic heterocycles. The summed E-state index contributed by atoms with van der Waals surface area (Å²) in [4.78, 5) is 4.48. The first-order valence-corrected chi connectivity index (χ1v) is 9.82. The second-order valence-electron chi connectivity index (χ2n) is 5.66. The molecule has 8 heteroatoms. The van der Waals surface area contributed by atoms with E-state index < -0.39 is 10.0 Å². The minimum atomic E-state index is -3.74. The van der Waals surface area contributed by atoms with Crippen LogP contribution in [0.4, 0.5) is 4.39 Å². The molecule has 140 valence electrons. The van der Waals surface area contributed by atoms with Gasteiger partial charge in [-0.05, 0) is 42.7 Å². The Morgan fingerprint density at radius 2 is 1.92 bits per heavy atom. The van der Waals surface area contributed by atoms with Gasteiger partial charge in [0.25, 0.3) is 0 Å². The second-order valence-corrected chi connectivity index (χ2v) is 7.22. The summed E-state index contributed by atoms with van der Waals surface area (Å²) in [6.45, 7) is 3.42. The Morgan fingerprint density at radius 1 is 1.15 bits per heavy atom. The summed E-state index contributed by atoms with van der Waals surface area (Å²) >= 11 is 0. The van der Waals surface area contributed by atoms with Crippen LogP contribution in [0.25, 0.3) is 0 Å². The fourth-order valence-corrected chi connectivity index (χ4v) is 2.93. The number of sulfonamides is 1. The van der Waals surface area contributed by atoms with E-state index in [0.29, 0.717) is 37.6 Å². The number of rotatable bonds is 7. The normalized spacial score (nSPS) is 12.0. The maximum atomic E-state index is 13.6. The van der Waals surface area contributed by atoms with Crippen LogP contribution < -0.4 is 15.8 Å². The molecule has 0 aliphatic rings.